The highest BCUT2D eigenvalue weighted by molar-refractivity contribution is 5.84. The van der Waals surface area contributed by atoms with Gasteiger partial charge in [-0.3, -0.25) is 4.90 Å². The molecule has 1 aromatic carbocycles. The van der Waals surface area contributed by atoms with Gasteiger partial charge in [0.05, 0.1) is 6.61 Å². The number of ether oxygens (including phenoxy) is 1. The van der Waals surface area contributed by atoms with Crippen LogP contribution in [0.25, 0.3) is 10.9 Å². The van der Waals surface area contributed by atoms with Crippen LogP contribution in [0, 0.1) is 0 Å². The molecule has 0 unspecified atom stereocenters. The van der Waals surface area contributed by atoms with Crippen molar-refractivity contribution in [3.63, 3.8) is 0 Å². The Morgan fingerprint density at radius 2 is 1.96 bits per heavy atom. The maximum Gasteiger partial charge on any atom is 0.213 e. The number of phenolic OH excluding ortho intramolecular Hbond substituents is 1. The van der Waals surface area contributed by atoms with Crippen LogP contribution in [0.2, 0.25) is 0 Å². The molecule has 6 nitrogen and oxygen atoms in total. The Bertz CT molecular complexity index is 826. The number of allylic oxidation sites excluding steroid dienone is 1. The van der Waals surface area contributed by atoms with E-state index in [9.17, 15) is 5.11 Å². The Morgan fingerprint density at radius 3 is 2.71 bits per heavy atom. The Kier molecular flexibility index (Phi) is 7.25. The summed E-state index contributed by atoms with van der Waals surface area (Å²) in [4.78, 5) is 13.7. The Balaban J connectivity index is 1.36. The number of benzene rings is 1. The number of fused-ring (bicyclic) bond motifs is 1. The summed E-state index contributed by atoms with van der Waals surface area (Å²) in [6.45, 7) is 9.92. The first-order valence-corrected chi connectivity index (χ1v) is 10.0. The zero-order valence-corrected chi connectivity index (χ0v) is 16.8. The minimum Gasteiger partial charge on any atom is -0.506 e. The summed E-state index contributed by atoms with van der Waals surface area (Å²) in [6, 6.07) is 9.18. The van der Waals surface area contributed by atoms with E-state index in [0.29, 0.717) is 18.0 Å². The lowest BCUT2D eigenvalue weighted by molar-refractivity contribution is 0.153. The van der Waals surface area contributed by atoms with Gasteiger partial charge in [0.25, 0.3) is 0 Å². The molecule has 0 amide bonds. The number of aromatic hydroxyl groups is 1. The molecular formula is C22H30N4O2. The number of rotatable bonds is 8. The predicted molar refractivity (Wildman–Crippen MR) is 114 cm³/mol. The van der Waals surface area contributed by atoms with Crippen molar-refractivity contribution in [2.45, 2.75) is 26.7 Å². The molecule has 0 spiro atoms. The summed E-state index contributed by atoms with van der Waals surface area (Å²) >= 11 is 0. The van der Waals surface area contributed by atoms with Crippen LogP contribution in [0.4, 0.5) is 0 Å². The van der Waals surface area contributed by atoms with E-state index >= 15 is 0 Å². The Hall–Kier alpha value is -2.60. The quantitative estimate of drug-likeness (QED) is 0.558. The van der Waals surface area contributed by atoms with Gasteiger partial charge in [-0.1, -0.05) is 12.1 Å². The molecule has 1 aliphatic heterocycles. The number of hydrogen-bond donors (Lipinski definition) is 1. The number of piperazine rings is 1. The number of hydrogen-bond acceptors (Lipinski definition) is 6. The van der Waals surface area contributed by atoms with Gasteiger partial charge < -0.3 is 14.7 Å². The first-order valence-electron chi connectivity index (χ1n) is 10.0. The van der Waals surface area contributed by atoms with Gasteiger partial charge in [0.15, 0.2) is 0 Å². The van der Waals surface area contributed by atoms with Crippen molar-refractivity contribution in [2.24, 2.45) is 4.99 Å². The molecule has 3 rings (SSSR count). The summed E-state index contributed by atoms with van der Waals surface area (Å²) in [5.74, 6) is 1.83. The van der Waals surface area contributed by atoms with Gasteiger partial charge in [0.1, 0.15) is 17.1 Å². The van der Waals surface area contributed by atoms with Crippen LogP contribution in [-0.2, 0) is 0 Å². The smallest absolute Gasteiger partial charge is 0.213 e. The van der Waals surface area contributed by atoms with E-state index in [0.717, 1.165) is 56.8 Å². The summed E-state index contributed by atoms with van der Waals surface area (Å²) in [7, 11) is 0. The second-order valence-electron chi connectivity index (χ2n) is 6.92. The van der Waals surface area contributed by atoms with Crippen LogP contribution in [0.5, 0.6) is 11.6 Å². The van der Waals surface area contributed by atoms with Crippen molar-refractivity contribution in [3.8, 4) is 11.6 Å². The molecule has 0 saturated carbocycles. The van der Waals surface area contributed by atoms with E-state index < -0.39 is 0 Å². The van der Waals surface area contributed by atoms with Gasteiger partial charge in [-0.15, -0.1) is 0 Å². The largest absolute Gasteiger partial charge is 0.506 e. The third kappa shape index (κ3) is 5.23. The minimum atomic E-state index is 0.188. The van der Waals surface area contributed by atoms with Crippen molar-refractivity contribution < 1.29 is 9.84 Å². The van der Waals surface area contributed by atoms with Crippen LogP contribution in [0.15, 0.2) is 47.2 Å². The highest BCUT2D eigenvalue weighted by Gasteiger charge is 2.17. The molecule has 2 aromatic rings. The standard InChI is InChI=1S/C22H30N4O2/c1-3-20(23-4-2)26-15-13-25(14-16-26)12-5-6-17-28-21-11-10-18-8-7-9-19(27)22(18)24-21/h3-4,7-11,27H,5-6,12-17H2,1-2H3/b20-3+,23-4-. The number of para-hydroxylation sites is 1. The predicted octanol–water partition coefficient (Wildman–Crippen LogP) is 3.67. The van der Waals surface area contributed by atoms with E-state index in [1.54, 1.807) is 6.07 Å². The number of aliphatic imine (C=N–C) groups is 1. The van der Waals surface area contributed by atoms with Gasteiger partial charge in [-0.2, -0.15) is 0 Å². The Morgan fingerprint density at radius 1 is 1.14 bits per heavy atom. The molecule has 2 heterocycles. The monoisotopic (exact) mass is 382 g/mol. The van der Waals surface area contributed by atoms with Crippen molar-refractivity contribution in [1.82, 2.24) is 14.8 Å². The molecule has 0 radical (unpaired) electrons. The zero-order chi connectivity index (χ0) is 19.8. The molecule has 1 aliphatic rings. The van der Waals surface area contributed by atoms with Gasteiger partial charge in [0.2, 0.25) is 5.88 Å². The number of nitrogens with zero attached hydrogens (tertiary/aromatic N) is 4. The van der Waals surface area contributed by atoms with Crippen LogP contribution in [0.3, 0.4) is 0 Å². The molecule has 1 fully saturated rings. The van der Waals surface area contributed by atoms with Crippen LogP contribution < -0.4 is 4.74 Å². The molecule has 28 heavy (non-hydrogen) atoms. The highest BCUT2D eigenvalue weighted by Crippen LogP contribution is 2.24. The van der Waals surface area contributed by atoms with Crippen molar-refractivity contribution in [3.05, 3.63) is 42.2 Å². The molecule has 0 atom stereocenters. The van der Waals surface area contributed by atoms with E-state index in [-0.39, 0.29) is 5.75 Å². The van der Waals surface area contributed by atoms with Crippen LogP contribution >= 0.6 is 0 Å². The van der Waals surface area contributed by atoms with Crippen LogP contribution in [-0.4, -0.2) is 65.4 Å². The topological polar surface area (TPSA) is 61.2 Å². The molecular weight excluding hydrogens is 352 g/mol. The van der Waals surface area contributed by atoms with E-state index in [4.69, 9.17) is 4.74 Å². The maximum absolute atomic E-state index is 9.91. The molecule has 150 valence electrons. The third-order valence-electron chi connectivity index (χ3n) is 5.01. The SMILES string of the molecule is C/C=N\C(=C/C)N1CCN(CCCCOc2ccc3cccc(O)c3n2)CC1. The lowest BCUT2D eigenvalue weighted by atomic mass is 10.2. The molecule has 6 heteroatoms. The third-order valence-corrected chi connectivity index (χ3v) is 5.01. The average molecular weight is 383 g/mol. The lowest BCUT2D eigenvalue weighted by Gasteiger charge is -2.36. The summed E-state index contributed by atoms with van der Waals surface area (Å²) in [5, 5.41) is 10.8. The van der Waals surface area contributed by atoms with E-state index in [2.05, 4.69) is 25.9 Å². The first kappa shape index (κ1) is 20.1. The fourth-order valence-electron chi connectivity index (χ4n) is 3.48. The van der Waals surface area contributed by atoms with Gasteiger partial charge in [-0.05, 0) is 51.4 Å². The van der Waals surface area contributed by atoms with Crippen molar-refractivity contribution in [1.29, 1.82) is 0 Å². The highest BCUT2D eigenvalue weighted by atomic mass is 16.5. The van der Waals surface area contributed by atoms with E-state index in [1.165, 1.54) is 0 Å². The number of pyridine rings is 1. The fourth-order valence-corrected chi connectivity index (χ4v) is 3.48. The molecule has 0 aliphatic carbocycles. The summed E-state index contributed by atoms with van der Waals surface area (Å²) in [5.41, 5.74) is 0.589. The zero-order valence-electron chi connectivity index (χ0n) is 16.8. The second kappa shape index (κ2) is 10.1. The van der Waals surface area contributed by atoms with Gasteiger partial charge in [-0.25, -0.2) is 9.98 Å². The first-order chi connectivity index (χ1) is 13.7. The number of phenols is 1. The van der Waals surface area contributed by atoms with Gasteiger partial charge in [0, 0.05) is 43.8 Å². The molecule has 1 aromatic heterocycles. The van der Waals surface area contributed by atoms with Gasteiger partial charge >= 0.3 is 0 Å². The summed E-state index contributed by atoms with van der Waals surface area (Å²) in [6.07, 6.45) is 6.02. The maximum atomic E-state index is 9.91. The van der Waals surface area contributed by atoms with E-state index in [1.807, 2.05) is 44.3 Å². The van der Waals surface area contributed by atoms with Crippen molar-refractivity contribution >= 4 is 17.1 Å². The normalized spacial score (nSPS) is 16.2. The minimum absolute atomic E-state index is 0.188. The molecule has 1 N–H and O–H groups in total. The molecule has 0 bridgehead atoms. The van der Waals surface area contributed by atoms with Crippen molar-refractivity contribution in [2.75, 3.05) is 39.3 Å². The van der Waals surface area contributed by atoms with Crippen LogP contribution in [0.1, 0.15) is 26.7 Å². The summed E-state index contributed by atoms with van der Waals surface area (Å²) < 4.78 is 5.78. The second-order valence-corrected chi connectivity index (χ2v) is 6.92. The number of aromatic nitrogens is 1. The Labute approximate surface area is 167 Å². The lowest BCUT2D eigenvalue weighted by Crippen LogP contribution is -2.45. The fraction of sp³-hybridized carbons (Fsp3) is 0.455. The molecule has 1 saturated heterocycles. The average Bonchev–Trinajstić information content (AvgIpc) is 2.73. The number of unbranched alkanes of at least 4 members (excludes halogenated alkanes) is 1.